The topological polar surface area (TPSA) is 77.4 Å². The van der Waals surface area contributed by atoms with Crippen LogP contribution >= 0.6 is 0 Å². The predicted molar refractivity (Wildman–Crippen MR) is 90.3 cm³/mol. The number of amides is 1. The number of nitrogens with zero attached hydrogens (tertiary/aromatic N) is 1. The van der Waals surface area contributed by atoms with Crippen LogP contribution in [0.5, 0.6) is 0 Å². The Bertz CT molecular complexity index is 843. The van der Waals surface area contributed by atoms with Gasteiger partial charge >= 0.3 is 5.97 Å². The van der Waals surface area contributed by atoms with Gasteiger partial charge in [-0.05, 0) is 49.2 Å². The maximum Gasteiger partial charge on any atom is 0.328 e. The number of rotatable bonds is 5. The van der Waals surface area contributed by atoms with E-state index in [0.29, 0.717) is 17.7 Å². The van der Waals surface area contributed by atoms with E-state index in [1.807, 2.05) is 0 Å². The van der Waals surface area contributed by atoms with Crippen molar-refractivity contribution >= 4 is 11.9 Å². The second-order valence-electron chi connectivity index (χ2n) is 5.48. The van der Waals surface area contributed by atoms with Gasteiger partial charge < -0.3 is 10.1 Å². The summed E-state index contributed by atoms with van der Waals surface area (Å²) in [5.74, 6) is -1.66. The normalized spacial score (nSPS) is 11.7. The molecule has 0 aliphatic rings. The van der Waals surface area contributed by atoms with Gasteiger partial charge in [-0.15, -0.1) is 0 Å². The van der Waals surface area contributed by atoms with E-state index in [0.717, 1.165) is 0 Å². The van der Waals surface area contributed by atoms with E-state index in [1.54, 1.807) is 19.9 Å². The van der Waals surface area contributed by atoms with Crippen LogP contribution in [0, 0.1) is 12.7 Å². The van der Waals surface area contributed by atoms with Crippen molar-refractivity contribution in [1.29, 1.82) is 0 Å². The lowest BCUT2D eigenvalue weighted by atomic mass is 10.1. The highest BCUT2D eigenvalue weighted by atomic mass is 19.1. The fourth-order valence-corrected chi connectivity index (χ4v) is 2.41. The van der Waals surface area contributed by atoms with Crippen molar-refractivity contribution in [3.05, 3.63) is 63.8 Å². The SMILES string of the molecule is CCC(NC(=O)c1c(C)ccn(-c2ccc(F)cc2)c1=O)C(=O)OC. The molecule has 0 aliphatic carbocycles. The molecule has 1 aromatic carbocycles. The third-order valence-electron chi connectivity index (χ3n) is 3.83. The van der Waals surface area contributed by atoms with Gasteiger partial charge in [0.15, 0.2) is 0 Å². The second kappa shape index (κ2) is 7.74. The van der Waals surface area contributed by atoms with Gasteiger partial charge in [0.25, 0.3) is 11.5 Å². The van der Waals surface area contributed by atoms with E-state index in [4.69, 9.17) is 0 Å². The molecule has 25 heavy (non-hydrogen) atoms. The quantitative estimate of drug-likeness (QED) is 0.840. The van der Waals surface area contributed by atoms with E-state index in [1.165, 1.54) is 42.1 Å². The maximum atomic E-state index is 13.1. The minimum absolute atomic E-state index is 0.0748. The molecule has 7 heteroatoms. The number of halogens is 1. The summed E-state index contributed by atoms with van der Waals surface area (Å²) in [7, 11) is 1.23. The molecule has 0 aliphatic heterocycles. The molecule has 132 valence electrons. The van der Waals surface area contributed by atoms with Crippen LogP contribution < -0.4 is 10.9 Å². The first-order chi connectivity index (χ1) is 11.9. The average Bonchev–Trinajstić information content (AvgIpc) is 2.60. The minimum Gasteiger partial charge on any atom is -0.467 e. The van der Waals surface area contributed by atoms with Crippen LogP contribution in [0.15, 0.2) is 41.3 Å². The third kappa shape index (κ3) is 3.93. The highest BCUT2D eigenvalue weighted by Crippen LogP contribution is 2.10. The van der Waals surface area contributed by atoms with Gasteiger partial charge in [-0.2, -0.15) is 0 Å². The molecule has 0 fully saturated rings. The Labute approximate surface area is 144 Å². The molecule has 1 heterocycles. The average molecular weight is 346 g/mol. The summed E-state index contributed by atoms with van der Waals surface area (Å²) < 4.78 is 19.0. The number of aromatic nitrogens is 1. The van der Waals surface area contributed by atoms with Gasteiger partial charge in [-0.3, -0.25) is 14.2 Å². The molecular weight excluding hydrogens is 327 g/mol. The zero-order valence-corrected chi connectivity index (χ0v) is 14.2. The first-order valence-electron chi connectivity index (χ1n) is 7.76. The van der Waals surface area contributed by atoms with E-state index in [-0.39, 0.29) is 5.56 Å². The number of nitrogens with one attached hydrogen (secondary N) is 1. The molecule has 1 N–H and O–H groups in total. The van der Waals surface area contributed by atoms with Gasteiger partial charge in [-0.1, -0.05) is 6.92 Å². The summed E-state index contributed by atoms with van der Waals surface area (Å²) in [6.07, 6.45) is 1.84. The van der Waals surface area contributed by atoms with Crippen molar-refractivity contribution in [2.24, 2.45) is 0 Å². The number of benzene rings is 1. The predicted octanol–water partition coefficient (Wildman–Crippen LogP) is 1.97. The fraction of sp³-hybridized carbons (Fsp3) is 0.278. The van der Waals surface area contributed by atoms with Crippen LogP contribution in [0.2, 0.25) is 0 Å². The van der Waals surface area contributed by atoms with Crippen LogP contribution in [-0.4, -0.2) is 29.6 Å². The molecule has 2 aromatic rings. The van der Waals surface area contributed by atoms with Crippen LogP contribution in [0.25, 0.3) is 5.69 Å². The van der Waals surface area contributed by atoms with Gasteiger partial charge in [0.2, 0.25) is 0 Å². The molecule has 0 bridgehead atoms. The first kappa shape index (κ1) is 18.4. The standard InChI is InChI=1S/C18H19FN2O4/c1-4-14(18(24)25-3)20-16(22)15-11(2)9-10-21(17(15)23)13-7-5-12(19)6-8-13/h5-10,14H,4H2,1-3H3,(H,20,22). The maximum absolute atomic E-state index is 13.1. The number of esters is 1. The Morgan fingerprint density at radius 1 is 1.24 bits per heavy atom. The van der Waals surface area contributed by atoms with E-state index in [2.05, 4.69) is 10.1 Å². The van der Waals surface area contributed by atoms with Crippen molar-refractivity contribution in [2.75, 3.05) is 7.11 Å². The molecule has 0 saturated carbocycles. The van der Waals surface area contributed by atoms with Crippen LogP contribution in [-0.2, 0) is 9.53 Å². The lowest BCUT2D eigenvalue weighted by molar-refractivity contribution is -0.142. The van der Waals surface area contributed by atoms with Crippen molar-refractivity contribution in [3.63, 3.8) is 0 Å². The fourth-order valence-electron chi connectivity index (χ4n) is 2.41. The number of carbonyl (C=O) groups is 2. The number of aryl methyl sites for hydroxylation is 1. The van der Waals surface area contributed by atoms with E-state index < -0.39 is 29.3 Å². The summed E-state index contributed by atoms with van der Waals surface area (Å²) in [6, 6.07) is 6.11. The Balaban J connectivity index is 2.42. The smallest absolute Gasteiger partial charge is 0.328 e. The molecule has 0 spiro atoms. The lowest BCUT2D eigenvalue weighted by Crippen LogP contribution is -2.43. The van der Waals surface area contributed by atoms with Crippen molar-refractivity contribution < 1.29 is 18.7 Å². The van der Waals surface area contributed by atoms with Crippen LogP contribution in [0.4, 0.5) is 4.39 Å². The Hall–Kier alpha value is -2.96. The summed E-state index contributed by atoms with van der Waals surface area (Å²) in [4.78, 5) is 36.9. The third-order valence-corrected chi connectivity index (χ3v) is 3.83. The second-order valence-corrected chi connectivity index (χ2v) is 5.48. The highest BCUT2D eigenvalue weighted by Gasteiger charge is 2.23. The molecule has 1 aromatic heterocycles. The van der Waals surface area contributed by atoms with Gasteiger partial charge in [0, 0.05) is 11.9 Å². The zero-order valence-electron chi connectivity index (χ0n) is 14.2. The van der Waals surface area contributed by atoms with Crippen molar-refractivity contribution in [1.82, 2.24) is 9.88 Å². The Morgan fingerprint density at radius 3 is 2.44 bits per heavy atom. The molecule has 1 unspecified atom stereocenters. The molecule has 1 atom stereocenters. The minimum atomic E-state index is -0.837. The number of hydrogen-bond acceptors (Lipinski definition) is 4. The number of pyridine rings is 1. The monoisotopic (exact) mass is 346 g/mol. The molecule has 0 radical (unpaired) electrons. The number of carbonyl (C=O) groups excluding carboxylic acids is 2. The van der Waals surface area contributed by atoms with Crippen molar-refractivity contribution in [2.45, 2.75) is 26.3 Å². The van der Waals surface area contributed by atoms with Gasteiger partial charge in [-0.25, -0.2) is 9.18 Å². The summed E-state index contributed by atoms with van der Waals surface area (Å²) in [5.41, 5.74) is 0.277. The van der Waals surface area contributed by atoms with Gasteiger partial charge in [0.1, 0.15) is 17.4 Å². The number of hydrogen-bond donors (Lipinski definition) is 1. The molecule has 1 amide bonds. The highest BCUT2D eigenvalue weighted by molar-refractivity contribution is 5.97. The van der Waals surface area contributed by atoms with E-state index in [9.17, 15) is 18.8 Å². The molecule has 0 saturated heterocycles. The first-order valence-corrected chi connectivity index (χ1v) is 7.76. The van der Waals surface area contributed by atoms with Crippen LogP contribution in [0.3, 0.4) is 0 Å². The summed E-state index contributed by atoms with van der Waals surface area (Å²) in [6.45, 7) is 3.35. The summed E-state index contributed by atoms with van der Waals surface area (Å²) >= 11 is 0. The lowest BCUT2D eigenvalue weighted by Gasteiger charge is -2.16. The zero-order chi connectivity index (χ0) is 18.6. The summed E-state index contributed by atoms with van der Waals surface area (Å²) in [5, 5.41) is 2.52. The molecular formula is C18H19FN2O4. The molecule has 2 rings (SSSR count). The number of ether oxygens (including phenoxy) is 1. The Kier molecular flexibility index (Phi) is 5.69. The largest absolute Gasteiger partial charge is 0.467 e. The number of methoxy groups -OCH3 is 1. The molecule has 6 nitrogen and oxygen atoms in total. The van der Waals surface area contributed by atoms with Gasteiger partial charge in [0.05, 0.1) is 7.11 Å². The van der Waals surface area contributed by atoms with E-state index >= 15 is 0 Å². The Morgan fingerprint density at radius 2 is 1.88 bits per heavy atom. The van der Waals surface area contributed by atoms with Crippen LogP contribution in [0.1, 0.15) is 29.3 Å². The van der Waals surface area contributed by atoms with Crippen molar-refractivity contribution in [3.8, 4) is 5.69 Å².